The second-order valence-corrected chi connectivity index (χ2v) is 28.5. The Labute approximate surface area is 583 Å². The van der Waals surface area contributed by atoms with E-state index in [0.29, 0.717) is 12.2 Å². The van der Waals surface area contributed by atoms with Crippen molar-refractivity contribution in [2.45, 2.75) is 223 Å². The minimum Gasteiger partial charge on any atom is -0.496 e. The Hall–Kier alpha value is -7.90. The third kappa shape index (κ3) is 26.1. The van der Waals surface area contributed by atoms with E-state index < -0.39 is 162 Å². The number of ether oxygens (including phenoxy) is 1. The molecule has 0 saturated carbocycles. The molecule has 0 spiro atoms. The van der Waals surface area contributed by atoms with Crippen molar-refractivity contribution in [3.8, 4) is 5.75 Å². The minimum absolute atomic E-state index is 0.0229. The number of carboxylic acid groups (broad SMARTS) is 1. The number of likely N-dealkylation sites (N-methyl/N-ethyl adjacent to an activating group) is 7. The number of carbonyl (C=O) groups is 12. The van der Waals surface area contributed by atoms with E-state index in [1.165, 1.54) is 93.8 Å². The van der Waals surface area contributed by atoms with Gasteiger partial charge in [-0.2, -0.15) is 0 Å². The number of nitrogens with one attached hydrogen (secondary N) is 4. The van der Waals surface area contributed by atoms with E-state index in [-0.39, 0.29) is 55.8 Å². The summed E-state index contributed by atoms with van der Waals surface area (Å²) in [5.74, 6) is -10.0. The first-order valence-corrected chi connectivity index (χ1v) is 34.3. The Kier molecular flexibility index (Phi) is 37.3. The molecule has 554 valence electrons. The molecule has 6 N–H and O–H groups in total. The second-order valence-electron chi connectivity index (χ2n) is 28.5. The molecule has 0 aromatic heterocycles. The monoisotopic (exact) mass is 1380 g/mol. The van der Waals surface area contributed by atoms with Crippen LogP contribution in [0, 0.1) is 41.4 Å². The number of benzene rings is 1. The van der Waals surface area contributed by atoms with Crippen molar-refractivity contribution in [1.29, 1.82) is 0 Å². The Bertz CT molecular complexity index is 2910. The summed E-state index contributed by atoms with van der Waals surface area (Å²) in [4.78, 5) is 179. The number of hydrogen-bond donors (Lipinski definition) is 6. The summed E-state index contributed by atoms with van der Waals surface area (Å²) >= 11 is 0. The zero-order valence-corrected chi connectivity index (χ0v) is 63.3. The van der Waals surface area contributed by atoms with Crippen LogP contribution in [0.25, 0.3) is 6.08 Å². The quantitative estimate of drug-likeness (QED) is 0.0826. The molecule has 0 aliphatic carbocycles. The van der Waals surface area contributed by atoms with Gasteiger partial charge in [0, 0.05) is 61.0 Å². The largest absolute Gasteiger partial charge is 0.496 e. The molecule has 12 unspecified atom stereocenters. The van der Waals surface area contributed by atoms with Gasteiger partial charge in [0.25, 0.3) is 0 Å². The first-order chi connectivity index (χ1) is 45.4. The van der Waals surface area contributed by atoms with Gasteiger partial charge in [-0.1, -0.05) is 127 Å². The fourth-order valence-corrected chi connectivity index (χ4v) is 11.6. The topological polar surface area (TPSA) is 325 Å². The van der Waals surface area contributed by atoms with Crippen molar-refractivity contribution in [2.24, 2.45) is 41.4 Å². The number of para-hydroxylation sites is 1. The number of allylic oxidation sites excluding steroid dienone is 2. The molecule has 11 amide bonds. The molecule has 1 saturated heterocycles. The van der Waals surface area contributed by atoms with Crippen molar-refractivity contribution >= 4 is 77.0 Å². The maximum atomic E-state index is 15.1. The van der Waals surface area contributed by atoms with E-state index in [2.05, 4.69) is 21.3 Å². The van der Waals surface area contributed by atoms with Crippen molar-refractivity contribution in [1.82, 2.24) is 55.6 Å². The SMILES string of the molecule is CC=CCC(C)C(O)C1C(=O)NC(CC)C(=O)N(C)CC(=O)N(C)C(CC(C)C)C(=O)NC(C(C)C)C(=O)N(C)C(CC(C)C)C(=O)NC(C)C(=O)NC(C)C(=O)N(C)C(CC(C)C)C(=O)N(C)C(CC(C)C)C(=O)N(C)C(C(C)C)C(=O)N1C.COc1ccccc1C=CC(=O)O. The van der Waals surface area contributed by atoms with Gasteiger partial charge >= 0.3 is 5.97 Å². The number of aliphatic hydroxyl groups is 1. The Morgan fingerprint density at radius 3 is 1.46 bits per heavy atom. The lowest BCUT2D eigenvalue weighted by Gasteiger charge is -2.41. The summed E-state index contributed by atoms with van der Waals surface area (Å²) in [7, 11) is 11.5. The maximum absolute atomic E-state index is 15.1. The molecule has 1 heterocycles. The predicted molar refractivity (Wildman–Crippen MR) is 378 cm³/mol. The Morgan fingerprint density at radius 1 is 0.541 bits per heavy atom. The third-order valence-electron chi connectivity index (χ3n) is 17.6. The zero-order valence-electron chi connectivity index (χ0n) is 63.3. The van der Waals surface area contributed by atoms with Gasteiger partial charge in [-0.25, -0.2) is 4.79 Å². The molecule has 2 rings (SSSR count). The molecule has 1 aromatic rings. The smallest absolute Gasteiger partial charge is 0.328 e. The average Bonchev–Trinajstić information content (AvgIpc) is 0.788. The molecule has 1 aliphatic heterocycles. The summed E-state index contributed by atoms with van der Waals surface area (Å²) in [5, 5.41) is 31.5. The second kappa shape index (κ2) is 41.5. The van der Waals surface area contributed by atoms with Crippen LogP contribution in [0.5, 0.6) is 5.75 Å². The predicted octanol–water partition coefficient (Wildman–Crippen LogP) is 5.06. The standard InChI is InChI=1S/C62H111N11O12.C10H10O3/c1-25-27-28-40(15)52(75)51-56(79)65-43(26-2)58(81)67(18)33-48(74)68(19)44(29-34(3)4)55(78)66-49(38(11)12)61(84)69(20)45(30-35(5)6)54(77)63-41(16)53(76)64-42(17)57(80)70(21)46(31-36(7)8)59(82)71(22)47(32-37(9)10)60(83)72(23)50(39(13)14)62(85)73(51)24;1-13-9-5-3-2-4-8(9)6-7-10(11)12/h25,27,34-47,49-52,75H,26,28-33H2,1-24H3,(H,63,77)(H,64,76)(H,65,79)(H,66,78);2-7H,1H3,(H,11,12). The van der Waals surface area contributed by atoms with Crippen LogP contribution in [0.15, 0.2) is 42.5 Å². The number of carbonyl (C=O) groups excluding carboxylic acids is 11. The van der Waals surface area contributed by atoms with Crippen LogP contribution in [-0.2, 0) is 57.5 Å². The summed E-state index contributed by atoms with van der Waals surface area (Å²) < 4.78 is 5.03. The first kappa shape index (κ1) is 88.1. The number of aliphatic carboxylic acids is 1. The third-order valence-corrected chi connectivity index (χ3v) is 17.6. The van der Waals surface area contributed by atoms with E-state index in [9.17, 15) is 53.1 Å². The number of carboxylic acids is 1. The lowest BCUT2D eigenvalue weighted by Crippen LogP contribution is -2.63. The lowest BCUT2D eigenvalue weighted by molar-refractivity contribution is -0.157. The summed E-state index contributed by atoms with van der Waals surface area (Å²) in [6.45, 7) is 29.3. The normalized spacial score (nSPS) is 24.7. The van der Waals surface area contributed by atoms with E-state index in [1.54, 1.807) is 73.8 Å². The highest BCUT2D eigenvalue weighted by Gasteiger charge is 2.46. The van der Waals surface area contributed by atoms with Crippen LogP contribution in [0.4, 0.5) is 0 Å². The highest BCUT2D eigenvalue weighted by atomic mass is 16.5. The van der Waals surface area contributed by atoms with Gasteiger partial charge < -0.3 is 70.5 Å². The van der Waals surface area contributed by atoms with E-state index in [4.69, 9.17) is 9.84 Å². The van der Waals surface area contributed by atoms with E-state index >= 15 is 9.59 Å². The minimum atomic E-state index is -1.61. The summed E-state index contributed by atoms with van der Waals surface area (Å²) in [6, 6.07) is -5.10. The van der Waals surface area contributed by atoms with Gasteiger partial charge in [-0.05, 0) is 113 Å². The fourth-order valence-electron chi connectivity index (χ4n) is 11.6. The molecule has 12 atom stereocenters. The Morgan fingerprint density at radius 2 is 0.990 bits per heavy atom. The number of amides is 11. The number of aliphatic hydroxyl groups excluding tert-OH is 1. The molecule has 1 fully saturated rings. The summed E-state index contributed by atoms with van der Waals surface area (Å²) in [6.07, 6.45) is 5.63. The summed E-state index contributed by atoms with van der Waals surface area (Å²) in [5.41, 5.74) is 0.757. The molecule has 98 heavy (non-hydrogen) atoms. The first-order valence-electron chi connectivity index (χ1n) is 34.3. The van der Waals surface area contributed by atoms with Crippen molar-refractivity contribution in [3.05, 3.63) is 48.1 Å². The van der Waals surface area contributed by atoms with E-state index in [0.717, 1.165) is 21.4 Å². The molecular formula is C72H121N11O15. The van der Waals surface area contributed by atoms with Crippen molar-refractivity contribution in [2.75, 3.05) is 63.0 Å². The van der Waals surface area contributed by atoms with E-state index in [1.807, 2.05) is 73.6 Å². The number of rotatable bonds is 18. The zero-order chi connectivity index (χ0) is 75.7. The van der Waals surface area contributed by atoms with Gasteiger partial charge in [0.2, 0.25) is 65.0 Å². The Balaban J connectivity index is 0.00000328. The number of nitrogens with zero attached hydrogens (tertiary/aromatic N) is 7. The molecule has 26 heteroatoms. The van der Waals surface area contributed by atoms with Crippen LogP contribution in [0.3, 0.4) is 0 Å². The maximum Gasteiger partial charge on any atom is 0.328 e. The van der Waals surface area contributed by atoms with Crippen LogP contribution >= 0.6 is 0 Å². The van der Waals surface area contributed by atoms with Crippen molar-refractivity contribution < 1.29 is 72.5 Å². The molecule has 1 aromatic carbocycles. The lowest BCUT2D eigenvalue weighted by atomic mass is 9.91. The number of hydrogen-bond acceptors (Lipinski definition) is 14. The highest BCUT2D eigenvalue weighted by Crippen LogP contribution is 2.26. The van der Waals surface area contributed by atoms with Crippen LogP contribution < -0.4 is 26.0 Å². The van der Waals surface area contributed by atoms with Gasteiger partial charge in [-0.3, -0.25) is 52.7 Å². The van der Waals surface area contributed by atoms with Crippen LogP contribution in [0.1, 0.15) is 162 Å². The van der Waals surface area contributed by atoms with Gasteiger partial charge in [0.1, 0.15) is 66.2 Å². The molecule has 0 radical (unpaired) electrons. The average molecular weight is 1380 g/mol. The van der Waals surface area contributed by atoms with Crippen molar-refractivity contribution in [3.63, 3.8) is 0 Å². The van der Waals surface area contributed by atoms with Gasteiger partial charge in [0.05, 0.1) is 19.8 Å². The van der Waals surface area contributed by atoms with Gasteiger partial charge in [-0.15, -0.1) is 0 Å². The highest BCUT2D eigenvalue weighted by molar-refractivity contribution is 5.99. The van der Waals surface area contributed by atoms with Gasteiger partial charge in [0.15, 0.2) is 0 Å². The molecule has 0 bridgehead atoms. The number of methoxy groups -OCH3 is 1. The molecule has 1 aliphatic rings. The molecular weight excluding hydrogens is 1260 g/mol. The molecule has 26 nitrogen and oxygen atoms in total. The fraction of sp³-hybridized carbons (Fsp3) is 0.694. The van der Waals surface area contributed by atoms with Crippen LogP contribution in [-0.4, -0.2) is 245 Å². The van der Waals surface area contributed by atoms with Crippen LogP contribution in [0.2, 0.25) is 0 Å².